The SMILES string of the molecule is Cc1nc(Nc2c(Cl)cccc2Cl)c2cc(-c3ccccc3)sc2n1. The van der Waals surface area contributed by atoms with Crippen LogP contribution in [-0.4, -0.2) is 9.97 Å². The van der Waals surface area contributed by atoms with Crippen LogP contribution in [0.4, 0.5) is 11.5 Å². The topological polar surface area (TPSA) is 37.8 Å². The van der Waals surface area contributed by atoms with Gasteiger partial charge < -0.3 is 5.32 Å². The normalized spacial score (nSPS) is 11.0. The van der Waals surface area contributed by atoms with Gasteiger partial charge in [-0.25, -0.2) is 9.97 Å². The zero-order valence-corrected chi connectivity index (χ0v) is 15.6. The van der Waals surface area contributed by atoms with Crippen LogP contribution < -0.4 is 5.32 Å². The van der Waals surface area contributed by atoms with Gasteiger partial charge >= 0.3 is 0 Å². The zero-order chi connectivity index (χ0) is 17.4. The van der Waals surface area contributed by atoms with E-state index in [0.717, 1.165) is 20.7 Å². The van der Waals surface area contributed by atoms with Crippen LogP contribution in [0.3, 0.4) is 0 Å². The monoisotopic (exact) mass is 385 g/mol. The maximum absolute atomic E-state index is 6.28. The molecule has 0 radical (unpaired) electrons. The lowest BCUT2D eigenvalue weighted by Crippen LogP contribution is -1.98. The van der Waals surface area contributed by atoms with E-state index in [4.69, 9.17) is 23.2 Å². The lowest BCUT2D eigenvalue weighted by atomic mass is 10.2. The highest BCUT2D eigenvalue weighted by Crippen LogP contribution is 2.38. The molecule has 25 heavy (non-hydrogen) atoms. The number of halogens is 2. The number of para-hydroxylation sites is 1. The van der Waals surface area contributed by atoms with Crippen molar-refractivity contribution in [2.24, 2.45) is 0 Å². The Kier molecular flexibility index (Phi) is 4.34. The van der Waals surface area contributed by atoms with E-state index in [0.29, 0.717) is 27.4 Å². The van der Waals surface area contributed by atoms with Crippen LogP contribution in [-0.2, 0) is 0 Å². The molecule has 4 aromatic rings. The Balaban J connectivity index is 1.85. The van der Waals surface area contributed by atoms with E-state index in [-0.39, 0.29) is 0 Å². The number of rotatable bonds is 3. The summed E-state index contributed by atoms with van der Waals surface area (Å²) in [5.74, 6) is 1.40. The summed E-state index contributed by atoms with van der Waals surface area (Å²) >= 11 is 14.2. The highest BCUT2D eigenvalue weighted by molar-refractivity contribution is 7.21. The maximum atomic E-state index is 6.28. The molecule has 0 aliphatic carbocycles. The van der Waals surface area contributed by atoms with Gasteiger partial charge in [0.05, 0.1) is 21.1 Å². The minimum atomic E-state index is 0.551. The second-order valence-corrected chi connectivity index (χ2v) is 7.38. The molecule has 0 saturated heterocycles. The molecule has 2 aromatic carbocycles. The molecule has 4 rings (SSSR count). The first-order valence-electron chi connectivity index (χ1n) is 7.66. The molecule has 0 fully saturated rings. The minimum Gasteiger partial charge on any atom is -0.337 e. The van der Waals surface area contributed by atoms with Crippen LogP contribution in [0.25, 0.3) is 20.7 Å². The Hall–Kier alpha value is -2.14. The highest BCUT2D eigenvalue weighted by Gasteiger charge is 2.14. The number of anilines is 2. The molecule has 1 N–H and O–H groups in total. The summed E-state index contributed by atoms with van der Waals surface area (Å²) in [6.07, 6.45) is 0. The molecular weight excluding hydrogens is 373 g/mol. The van der Waals surface area contributed by atoms with Crippen LogP contribution in [0, 0.1) is 6.92 Å². The Morgan fingerprint density at radius 1 is 0.920 bits per heavy atom. The van der Waals surface area contributed by atoms with Crippen molar-refractivity contribution in [3.8, 4) is 10.4 Å². The Morgan fingerprint density at radius 3 is 2.36 bits per heavy atom. The summed E-state index contributed by atoms with van der Waals surface area (Å²) in [6, 6.07) is 17.7. The summed E-state index contributed by atoms with van der Waals surface area (Å²) < 4.78 is 0. The second-order valence-electron chi connectivity index (χ2n) is 5.54. The number of thiophene rings is 1. The molecule has 6 heteroatoms. The van der Waals surface area contributed by atoms with Gasteiger partial charge in [0.25, 0.3) is 0 Å². The highest BCUT2D eigenvalue weighted by atomic mass is 35.5. The number of fused-ring (bicyclic) bond motifs is 1. The smallest absolute Gasteiger partial charge is 0.143 e. The van der Waals surface area contributed by atoms with Crippen molar-refractivity contribution in [3.63, 3.8) is 0 Å². The number of benzene rings is 2. The molecule has 0 aliphatic rings. The fourth-order valence-electron chi connectivity index (χ4n) is 2.60. The molecule has 0 spiro atoms. The third-order valence-corrected chi connectivity index (χ3v) is 5.48. The average molecular weight is 386 g/mol. The standard InChI is InChI=1S/C19H13Cl2N3S/c1-11-22-18(24-17-14(20)8-5-9-15(17)21)13-10-16(25-19(13)23-11)12-6-3-2-4-7-12/h2-10H,1H3,(H,22,23,24). The molecule has 0 aliphatic heterocycles. The Bertz CT molecular complexity index is 1040. The largest absolute Gasteiger partial charge is 0.337 e. The first-order valence-corrected chi connectivity index (χ1v) is 9.24. The molecule has 0 unspecified atom stereocenters. The summed E-state index contributed by atoms with van der Waals surface area (Å²) in [7, 11) is 0. The summed E-state index contributed by atoms with van der Waals surface area (Å²) in [4.78, 5) is 11.2. The number of aryl methyl sites for hydroxylation is 1. The average Bonchev–Trinajstić information content (AvgIpc) is 3.03. The molecule has 0 atom stereocenters. The van der Waals surface area contributed by atoms with E-state index in [1.165, 1.54) is 0 Å². The van der Waals surface area contributed by atoms with Crippen LogP contribution in [0.1, 0.15) is 5.82 Å². The number of aromatic nitrogens is 2. The van der Waals surface area contributed by atoms with E-state index in [9.17, 15) is 0 Å². The Morgan fingerprint density at radius 2 is 1.64 bits per heavy atom. The minimum absolute atomic E-state index is 0.551. The molecule has 3 nitrogen and oxygen atoms in total. The van der Waals surface area contributed by atoms with Crippen LogP contribution in [0.15, 0.2) is 54.6 Å². The van der Waals surface area contributed by atoms with Gasteiger partial charge in [-0.1, -0.05) is 59.6 Å². The third kappa shape index (κ3) is 3.21. The van der Waals surface area contributed by atoms with E-state index < -0.39 is 0 Å². The first kappa shape index (κ1) is 16.3. The lowest BCUT2D eigenvalue weighted by molar-refractivity contribution is 1.10. The number of nitrogens with one attached hydrogen (secondary N) is 1. The zero-order valence-electron chi connectivity index (χ0n) is 13.3. The van der Waals surface area contributed by atoms with Crippen molar-refractivity contribution < 1.29 is 0 Å². The quantitative estimate of drug-likeness (QED) is 0.425. The fraction of sp³-hybridized carbons (Fsp3) is 0.0526. The predicted octanol–water partition coefficient (Wildman–Crippen LogP) is 6.72. The van der Waals surface area contributed by atoms with Crippen LogP contribution in [0.5, 0.6) is 0 Å². The van der Waals surface area contributed by atoms with Gasteiger partial charge in [-0.05, 0) is 30.7 Å². The number of hydrogen-bond donors (Lipinski definition) is 1. The van der Waals surface area contributed by atoms with Gasteiger partial charge in [-0.3, -0.25) is 0 Å². The van der Waals surface area contributed by atoms with Gasteiger partial charge in [0.2, 0.25) is 0 Å². The maximum Gasteiger partial charge on any atom is 0.143 e. The summed E-state index contributed by atoms with van der Waals surface area (Å²) in [6.45, 7) is 1.88. The van der Waals surface area contributed by atoms with Crippen molar-refractivity contribution in [2.75, 3.05) is 5.32 Å². The molecule has 0 amide bonds. The van der Waals surface area contributed by atoms with E-state index in [2.05, 4.69) is 33.5 Å². The lowest BCUT2D eigenvalue weighted by Gasteiger charge is -2.10. The van der Waals surface area contributed by atoms with Gasteiger partial charge in [-0.2, -0.15) is 0 Å². The van der Waals surface area contributed by atoms with E-state index >= 15 is 0 Å². The van der Waals surface area contributed by atoms with Crippen molar-refractivity contribution in [2.45, 2.75) is 6.92 Å². The summed E-state index contributed by atoms with van der Waals surface area (Å²) in [5, 5.41) is 5.33. The molecule has 2 aromatic heterocycles. The Labute approximate surface area is 159 Å². The predicted molar refractivity (Wildman–Crippen MR) is 107 cm³/mol. The molecule has 0 saturated carbocycles. The van der Waals surface area contributed by atoms with Crippen molar-refractivity contribution in [3.05, 3.63) is 70.5 Å². The fourth-order valence-corrected chi connectivity index (χ4v) is 4.18. The molecular formula is C19H13Cl2N3S. The van der Waals surface area contributed by atoms with Crippen LogP contribution >= 0.6 is 34.5 Å². The molecule has 124 valence electrons. The van der Waals surface area contributed by atoms with Crippen molar-refractivity contribution in [1.29, 1.82) is 0 Å². The van der Waals surface area contributed by atoms with Gasteiger partial charge in [-0.15, -0.1) is 11.3 Å². The van der Waals surface area contributed by atoms with Crippen LogP contribution in [0.2, 0.25) is 10.0 Å². The van der Waals surface area contributed by atoms with E-state index in [1.54, 1.807) is 23.5 Å². The second kappa shape index (κ2) is 6.64. The molecule has 2 heterocycles. The summed E-state index contributed by atoms with van der Waals surface area (Å²) in [5.41, 5.74) is 1.81. The number of nitrogens with zero attached hydrogens (tertiary/aromatic N) is 2. The van der Waals surface area contributed by atoms with Gasteiger partial charge in [0, 0.05) is 4.88 Å². The van der Waals surface area contributed by atoms with Gasteiger partial charge in [0.15, 0.2) is 0 Å². The first-order chi connectivity index (χ1) is 12.1. The van der Waals surface area contributed by atoms with E-state index in [1.807, 2.05) is 31.2 Å². The van der Waals surface area contributed by atoms with Crippen molar-refractivity contribution in [1.82, 2.24) is 9.97 Å². The molecule has 0 bridgehead atoms. The third-order valence-electron chi connectivity index (χ3n) is 3.77. The number of hydrogen-bond acceptors (Lipinski definition) is 4. The van der Waals surface area contributed by atoms with Gasteiger partial charge in [0.1, 0.15) is 16.5 Å². The van der Waals surface area contributed by atoms with Crippen molar-refractivity contribution >= 4 is 56.3 Å².